The van der Waals surface area contributed by atoms with Gasteiger partial charge >= 0.3 is 0 Å². The summed E-state index contributed by atoms with van der Waals surface area (Å²) in [7, 11) is 0. The quantitative estimate of drug-likeness (QED) is 0.743. The first-order chi connectivity index (χ1) is 13.6. The van der Waals surface area contributed by atoms with E-state index in [1.165, 1.54) is 19.8 Å². The van der Waals surface area contributed by atoms with Crippen LogP contribution in [-0.4, -0.2) is 54.3 Å². The molecule has 0 radical (unpaired) electrons. The van der Waals surface area contributed by atoms with Gasteiger partial charge in [-0.25, -0.2) is 4.98 Å². The predicted molar refractivity (Wildman–Crippen MR) is 104 cm³/mol. The minimum atomic E-state index is -0.0309. The van der Waals surface area contributed by atoms with Crippen molar-refractivity contribution in [2.45, 2.75) is 51.7 Å². The van der Waals surface area contributed by atoms with Gasteiger partial charge < -0.3 is 24.1 Å². The molecule has 8 nitrogen and oxygen atoms in total. The van der Waals surface area contributed by atoms with Gasteiger partial charge in [0.1, 0.15) is 11.3 Å². The van der Waals surface area contributed by atoms with Crippen LogP contribution in [0.4, 0.5) is 6.01 Å². The summed E-state index contributed by atoms with van der Waals surface area (Å²) in [5, 5.41) is 2.84. The van der Waals surface area contributed by atoms with E-state index in [2.05, 4.69) is 20.2 Å². The second-order valence-corrected chi connectivity index (χ2v) is 7.87. The molecule has 2 aliphatic rings. The van der Waals surface area contributed by atoms with E-state index in [0.717, 1.165) is 43.8 Å². The van der Waals surface area contributed by atoms with Crippen LogP contribution in [0, 0.1) is 5.92 Å². The van der Waals surface area contributed by atoms with Gasteiger partial charge in [0.15, 0.2) is 0 Å². The number of piperidine rings is 1. The zero-order chi connectivity index (χ0) is 19.5. The van der Waals surface area contributed by atoms with Gasteiger partial charge in [-0.05, 0) is 38.5 Å². The number of rotatable bonds is 8. The van der Waals surface area contributed by atoms with Crippen molar-refractivity contribution in [1.29, 1.82) is 0 Å². The first-order valence-corrected chi connectivity index (χ1v) is 10.1. The Kier molecular flexibility index (Phi) is 5.66. The highest BCUT2D eigenvalue weighted by atomic mass is 16.5. The van der Waals surface area contributed by atoms with E-state index in [1.807, 2.05) is 13.0 Å². The number of ether oxygens (including phenoxy) is 2. The molecule has 4 rings (SSSR count). The van der Waals surface area contributed by atoms with Crippen molar-refractivity contribution < 1.29 is 18.7 Å². The van der Waals surface area contributed by atoms with Gasteiger partial charge in [-0.15, -0.1) is 0 Å². The zero-order valence-electron chi connectivity index (χ0n) is 16.5. The molecule has 1 N–H and O–H groups in total. The minimum absolute atomic E-state index is 0.0231. The van der Waals surface area contributed by atoms with E-state index in [9.17, 15) is 4.79 Å². The second kappa shape index (κ2) is 8.34. The number of nitrogens with zero attached hydrogens (tertiary/aromatic N) is 3. The van der Waals surface area contributed by atoms with Crippen LogP contribution >= 0.6 is 0 Å². The summed E-state index contributed by atoms with van der Waals surface area (Å²) in [4.78, 5) is 22.1. The van der Waals surface area contributed by atoms with Crippen molar-refractivity contribution in [1.82, 2.24) is 15.3 Å². The van der Waals surface area contributed by atoms with Crippen LogP contribution in [-0.2, 0) is 9.53 Å². The molecule has 3 heterocycles. The Labute approximate surface area is 164 Å². The van der Waals surface area contributed by atoms with E-state index in [1.54, 1.807) is 6.20 Å². The molecule has 0 aromatic carbocycles. The maximum absolute atomic E-state index is 11.1. The molecule has 1 saturated carbocycles. The fraction of sp³-hybridized carbons (Fsp3) is 0.650. The first kappa shape index (κ1) is 19.0. The average molecular weight is 388 g/mol. The maximum atomic E-state index is 11.1. The molecule has 1 aliphatic carbocycles. The smallest absolute Gasteiger partial charge is 0.299 e. The first-order valence-electron chi connectivity index (χ1n) is 10.1. The molecular formula is C20H28N4O4. The monoisotopic (exact) mass is 388 g/mol. The van der Waals surface area contributed by atoms with Crippen LogP contribution in [0.2, 0.25) is 0 Å². The summed E-state index contributed by atoms with van der Waals surface area (Å²) >= 11 is 0. The maximum Gasteiger partial charge on any atom is 0.299 e. The third kappa shape index (κ3) is 4.92. The van der Waals surface area contributed by atoms with Gasteiger partial charge in [0.25, 0.3) is 6.01 Å². The summed E-state index contributed by atoms with van der Waals surface area (Å²) < 4.78 is 17.5. The second-order valence-electron chi connectivity index (χ2n) is 7.87. The van der Waals surface area contributed by atoms with Gasteiger partial charge in [-0.3, -0.25) is 4.79 Å². The van der Waals surface area contributed by atoms with E-state index in [-0.39, 0.29) is 18.1 Å². The number of hydrogen-bond donors (Lipinski definition) is 1. The third-order valence-electron chi connectivity index (χ3n) is 5.14. The lowest BCUT2D eigenvalue weighted by Gasteiger charge is -2.31. The zero-order valence-corrected chi connectivity index (χ0v) is 16.5. The molecule has 2 aromatic heterocycles. The minimum Gasteiger partial charge on any atom is -0.492 e. The number of fused-ring (bicyclic) bond motifs is 1. The SMILES string of the molecule is CC(=O)N[C@@H](C)COC1CCN(c2nc3cc(OCC4CC4)cnc3o2)CC1. The summed E-state index contributed by atoms with van der Waals surface area (Å²) in [6, 6.07) is 2.53. The number of hydrogen-bond acceptors (Lipinski definition) is 7. The van der Waals surface area contributed by atoms with Crippen molar-refractivity contribution in [2.24, 2.45) is 5.92 Å². The Balaban J connectivity index is 1.29. The van der Waals surface area contributed by atoms with Crippen molar-refractivity contribution in [3.63, 3.8) is 0 Å². The molecular weight excluding hydrogens is 360 g/mol. The van der Waals surface area contributed by atoms with Crippen molar-refractivity contribution in [3.05, 3.63) is 12.3 Å². The topological polar surface area (TPSA) is 89.7 Å². The number of carbonyl (C=O) groups is 1. The van der Waals surface area contributed by atoms with Crippen molar-refractivity contribution in [3.8, 4) is 5.75 Å². The van der Waals surface area contributed by atoms with Crippen LogP contribution in [0.3, 0.4) is 0 Å². The standard InChI is InChI=1S/C20H28N4O4/c1-13(22-14(2)25)11-26-16-5-7-24(8-6-16)20-23-18-9-17(10-21-19(18)28-20)27-12-15-3-4-15/h9-10,13,15-16H,3-8,11-12H2,1-2H3,(H,22,25)/t13-/m0/s1. The highest BCUT2D eigenvalue weighted by Gasteiger charge is 2.25. The summed E-state index contributed by atoms with van der Waals surface area (Å²) in [6.45, 7) is 6.39. The summed E-state index contributed by atoms with van der Waals surface area (Å²) in [6.07, 6.45) is 6.21. The fourth-order valence-corrected chi connectivity index (χ4v) is 3.39. The number of oxazole rings is 1. The van der Waals surface area contributed by atoms with Crippen LogP contribution in [0.15, 0.2) is 16.7 Å². The number of amides is 1. The molecule has 8 heteroatoms. The molecule has 2 aromatic rings. The summed E-state index contributed by atoms with van der Waals surface area (Å²) in [5.74, 6) is 1.42. The lowest BCUT2D eigenvalue weighted by molar-refractivity contribution is -0.120. The van der Waals surface area contributed by atoms with Crippen LogP contribution in [0.25, 0.3) is 11.2 Å². The lowest BCUT2D eigenvalue weighted by atomic mass is 10.1. The normalized spacial score (nSPS) is 19.0. The molecule has 2 fully saturated rings. The van der Waals surface area contributed by atoms with Crippen LogP contribution in [0.1, 0.15) is 39.5 Å². The van der Waals surface area contributed by atoms with Gasteiger partial charge in [-0.1, -0.05) is 0 Å². The van der Waals surface area contributed by atoms with E-state index < -0.39 is 0 Å². The molecule has 1 aliphatic heterocycles. The fourth-order valence-electron chi connectivity index (χ4n) is 3.39. The van der Waals surface area contributed by atoms with E-state index in [0.29, 0.717) is 24.3 Å². The lowest BCUT2D eigenvalue weighted by Crippen LogP contribution is -2.40. The molecule has 28 heavy (non-hydrogen) atoms. The summed E-state index contributed by atoms with van der Waals surface area (Å²) in [5.41, 5.74) is 1.27. The number of carbonyl (C=O) groups excluding carboxylic acids is 1. The van der Waals surface area contributed by atoms with E-state index in [4.69, 9.17) is 13.9 Å². The molecule has 1 atom stereocenters. The average Bonchev–Trinajstić information content (AvgIpc) is 3.41. The molecule has 152 valence electrons. The molecule has 0 unspecified atom stereocenters. The van der Waals surface area contributed by atoms with Crippen LogP contribution < -0.4 is 15.0 Å². The Morgan fingerprint density at radius 2 is 2.14 bits per heavy atom. The van der Waals surface area contributed by atoms with Gasteiger partial charge in [0.2, 0.25) is 11.6 Å². The Morgan fingerprint density at radius 1 is 1.36 bits per heavy atom. The van der Waals surface area contributed by atoms with Crippen molar-refractivity contribution >= 4 is 23.2 Å². The Hall–Kier alpha value is -2.35. The highest BCUT2D eigenvalue weighted by molar-refractivity contribution is 5.73. The Morgan fingerprint density at radius 3 is 2.86 bits per heavy atom. The number of pyridine rings is 1. The Bertz CT molecular complexity index is 812. The number of nitrogens with one attached hydrogen (secondary N) is 1. The van der Waals surface area contributed by atoms with Gasteiger partial charge in [0, 0.05) is 32.1 Å². The number of anilines is 1. The van der Waals surface area contributed by atoms with Crippen molar-refractivity contribution in [2.75, 3.05) is 31.2 Å². The predicted octanol–water partition coefficient (Wildman–Crippen LogP) is 2.52. The largest absolute Gasteiger partial charge is 0.492 e. The highest BCUT2D eigenvalue weighted by Crippen LogP contribution is 2.30. The van der Waals surface area contributed by atoms with Crippen LogP contribution in [0.5, 0.6) is 5.75 Å². The van der Waals surface area contributed by atoms with Gasteiger partial charge in [-0.2, -0.15) is 4.98 Å². The van der Waals surface area contributed by atoms with Gasteiger partial charge in [0.05, 0.1) is 25.5 Å². The number of aromatic nitrogens is 2. The molecule has 0 bridgehead atoms. The van der Waals surface area contributed by atoms with E-state index >= 15 is 0 Å². The molecule has 0 spiro atoms. The molecule has 1 saturated heterocycles. The third-order valence-corrected chi connectivity index (χ3v) is 5.14. The molecule has 1 amide bonds.